The van der Waals surface area contributed by atoms with E-state index in [1.54, 1.807) is 17.0 Å². The number of carbonyl (C=O) groups is 2. The first-order valence-electron chi connectivity index (χ1n) is 10.6. The predicted octanol–water partition coefficient (Wildman–Crippen LogP) is 2.15. The maximum absolute atomic E-state index is 13.3. The highest BCUT2D eigenvalue weighted by Gasteiger charge is 2.38. The summed E-state index contributed by atoms with van der Waals surface area (Å²) in [7, 11) is 0. The van der Waals surface area contributed by atoms with Crippen molar-refractivity contribution in [3.63, 3.8) is 0 Å². The lowest BCUT2D eigenvalue weighted by Crippen LogP contribution is -2.60. The third-order valence-electron chi connectivity index (χ3n) is 6.19. The fraction of sp³-hybridized carbons (Fsp3) is 0.619. The molecule has 0 bridgehead atoms. The van der Waals surface area contributed by atoms with Crippen LogP contribution >= 0.6 is 0 Å². The zero-order valence-electron chi connectivity index (χ0n) is 16.7. The second-order valence-corrected chi connectivity index (χ2v) is 8.00. The SMILES string of the molecule is O=C(Nc1cccc(F)c1)N1CCN([C@@H]2CCCN(C3CCOCC3)C2=O)CC1. The van der Waals surface area contributed by atoms with Crippen molar-refractivity contribution in [2.45, 2.75) is 37.8 Å². The molecular formula is C21H29FN4O3. The van der Waals surface area contributed by atoms with E-state index >= 15 is 0 Å². The number of ether oxygens (including phenoxy) is 1. The molecule has 29 heavy (non-hydrogen) atoms. The van der Waals surface area contributed by atoms with Crippen LogP contribution in [0.2, 0.25) is 0 Å². The van der Waals surface area contributed by atoms with Gasteiger partial charge in [0.25, 0.3) is 0 Å². The Morgan fingerprint density at radius 1 is 1.07 bits per heavy atom. The summed E-state index contributed by atoms with van der Waals surface area (Å²) >= 11 is 0. The third kappa shape index (κ3) is 4.70. The smallest absolute Gasteiger partial charge is 0.321 e. The summed E-state index contributed by atoms with van der Waals surface area (Å²) in [6.07, 6.45) is 3.75. The third-order valence-corrected chi connectivity index (χ3v) is 6.19. The molecule has 3 saturated heterocycles. The van der Waals surface area contributed by atoms with Crippen LogP contribution in [0.1, 0.15) is 25.7 Å². The van der Waals surface area contributed by atoms with E-state index in [9.17, 15) is 14.0 Å². The molecule has 3 aliphatic rings. The number of urea groups is 1. The molecule has 158 valence electrons. The van der Waals surface area contributed by atoms with Crippen LogP contribution in [0.25, 0.3) is 0 Å². The Balaban J connectivity index is 1.30. The summed E-state index contributed by atoms with van der Waals surface area (Å²) < 4.78 is 18.7. The Hall–Kier alpha value is -2.19. The van der Waals surface area contributed by atoms with E-state index in [1.807, 2.05) is 0 Å². The number of carbonyl (C=O) groups excluding carboxylic acids is 2. The van der Waals surface area contributed by atoms with Gasteiger partial charge < -0.3 is 19.9 Å². The van der Waals surface area contributed by atoms with Crippen LogP contribution in [0.15, 0.2) is 24.3 Å². The first-order chi connectivity index (χ1) is 14.1. The van der Waals surface area contributed by atoms with Gasteiger partial charge in [0, 0.05) is 57.7 Å². The van der Waals surface area contributed by atoms with Gasteiger partial charge in [0.2, 0.25) is 5.91 Å². The summed E-state index contributed by atoms with van der Waals surface area (Å²) in [6.45, 7) is 4.78. The van der Waals surface area contributed by atoms with Gasteiger partial charge >= 0.3 is 6.03 Å². The molecule has 0 unspecified atom stereocenters. The minimum atomic E-state index is -0.377. The van der Waals surface area contributed by atoms with Crippen molar-refractivity contribution in [2.75, 3.05) is 51.3 Å². The van der Waals surface area contributed by atoms with Gasteiger partial charge in [-0.25, -0.2) is 9.18 Å². The molecule has 8 heteroatoms. The zero-order chi connectivity index (χ0) is 20.2. The Labute approximate surface area is 170 Å². The monoisotopic (exact) mass is 404 g/mol. The molecule has 1 aromatic rings. The largest absolute Gasteiger partial charge is 0.381 e. The number of hydrogen-bond acceptors (Lipinski definition) is 4. The van der Waals surface area contributed by atoms with Crippen molar-refractivity contribution in [1.29, 1.82) is 0 Å². The predicted molar refractivity (Wildman–Crippen MR) is 107 cm³/mol. The summed E-state index contributed by atoms with van der Waals surface area (Å²) in [5, 5.41) is 2.75. The van der Waals surface area contributed by atoms with E-state index < -0.39 is 0 Å². The molecule has 0 aliphatic carbocycles. The summed E-state index contributed by atoms with van der Waals surface area (Å²) in [4.78, 5) is 31.6. The molecule has 0 aromatic heterocycles. The van der Waals surface area contributed by atoms with Crippen LogP contribution in [0.3, 0.4) is 0 Å². The lowest BCUT2D eigenvalue weighted by atomic mass is 9.97. The van der Waals surface area contributed by atoms with Crippen molar-refractivity contribution >= 4 is 17.6 Å². The average Bonchev–Trinajstić information content (AvgIpc) is 2.75. The van der Waals surface area contributed by atoms with Crippen molar-refractivity contribution in [3.05, 3.63) is 30.1 Å². The first kappa shape index (κ1) is 20.1. The van der Waals surface area contributed by atoms with Crippen LogP contribution in [0.4, 0.5) is 14.9 Å². The molecule has 1 N–H and O–H groups in total. The molecule has 3 heterocycles. The van der Waals surface area contributed by atoms with Crippen LogP contribution < -0.4 is 5.32 Å². The van der Waals surface area contributed by atoms with Gasteiger partial charge in [0.1, 0.15) is 5.82 Å². The molecule has 3 fully saturated rings. The molecule has 7 nitrogen and oxygen atoms in total. The van der Waals surface area contributed by atoms with Gasteiger partial charge in [-0.15, -0.1) is 0 Å². The van der Waals surface area contributed by atoms with Gasteiger partial charge in [-0.05, 0) is 43.9 Å². The summed E-state index contributed by atoms with van der Waals surface area (Å²) in [5.41, 5.74) is 0.451. The van der Waals surface area contributed by atoms with Crippen LogP contribution in [0, 0.1) is 5.82 Å². The minimum absolute atomic E-state index is 0.0833. The van der Waals surface area contributed by atoms with E-state index in [0.717, 1.165) is 45.4 Å². The molecule has 3 aliphatic heterocycles. The second-order valence-electron chi connectivity index (χ2n) is 8.00. The number of halogens is 1. The number of amides is 3. The average molecular weight is 404 g/mol. The molecule has 0 saturated carbocycles. The lowest BCUT2D eigenvalue weighted by Gasteiger charge is -2.45. The topological polar surface area (TPSA) is 65.1 Å². The number of rotatable bonds is 3. The maximum atomic E-state index is 13.3. The maximum Gasteiger partial charge on any atom is 0.321 e. The van der Waals surface area contributed by atoms with Gasteiger partial charge in [0.05, 0.1) is 6.04 Å². The van der Waals surface area contributed by atoms with Gasteiger partial charge in [-0.3, -0.25) is 9.69 Å². The van der Waals surface area contributed by atoms with E-state index in [1.165, 1.54) is 12.1 Å². The quantitative estimate of drug-likeness (QED) is 0.839. The van der Waals surface area contributed by atoms with Gasteiger partial charge in [-0.1, -0.05) is 6.07 Å². The molecule has 4 rings (SSSR count). The molecule has 0 radical (unpaired) electrons. The number of likely N-dealkylation sites (tertiary alicyclic amines) is 1. The number of piperidine rings is 1. The highest BCUT2D eigenvalue weighted by atomic mass is 19.1. The van der Waals surface area contributed by atoms with Crippen molar-refractivity contribution in [1.82, 2.24) is 14.7 Å². The first-order valence-corrected chi connectivity index (χ1v) is 10.6. The molecule has 1 atom stereocenters. The van der Waals surface area contributed by atoms with E-state index in [0.29, 0.717) is 37.9 Å². The van der Waals surface area contributed by atoms with E-state index in [2.05, 4.69) is 15.1 Å². The lowest BCUT2D eigenvalue weighted by molar-refractivity contribution is -0.145. The summed E-state index contributed by atoms with van der Waals surface area (Å²) in [5.74, 6) is -0.140. The standard InChI is InChI=1S/C21H29FN4O3/c22-16-3-1-4-17(15-16)23-21(28)25-11-9-24(10-12-25)19-5-2-8-26(20(19)27)18-6-13-29-14-7-18/h1,3-4,15,18-19H,2,5-14H2,(H,23,28)/t19-/m1/s1. The van der Waals surface area contributed by atoms with Crippen molar-refractivity contribution in [2.24, 2.45) is 0 Å². The van der Waals surface area contributed by atoms with Crippen LogP contribution in [-0.4, -0.2) is 84.7 Å². The zero-order valence-corrected chi connectivity index (χ0v) is 16.7. The fourth-order valence-corrected chi connectivity index (χ4v) is 4.58. The molecule has 1 aromatic carbocycles. The van der Waals surface area contributed by atoms with Gasteiger partial charge in [-0.2, -0.15) is 0 Å². The summed E-state index contributed by atoms with van der Waals surface area (Å²) in [6, 6.07) is 5.88. The van der Waals surface area contributed by atoms with Crippen molar-refractivity contribution in [3.8, 4) is 0 Å². The van der Waals surface area contributed by atoms with Gasteiger partial charge in [0.15, 0.2) is 0 Å². The van der Waals surface area contributed by atoms with E-state index in [-0.39, 0.29) is 23.8 Å². The van der Waals surface area contributed by atoms with E-state index in [4.69, 9.17) is 4.74 Å². The minimum Gasteiger partial charge on any atom is -0.381 e. The number of benzene rings is 1. The Kier molecular flexibility index (Phi) is 6.30. The number of hydrogen-bond donors (Lipinski definition) is 1. The highest BCUT2D eigenvalue weighted by Crippen LogP contribution is 2.24. The normalized spacial score (nSPS) is 24.6. The second kappa shape index (κ2) is 9.09. The fourth-order valence-electron chi connectivity index (χ4n) is 4.58. The number of nitrogens with zero attached hydrogens (tertiary/aromatic N) is 3. The Bertz CT molecular complexity index is 732. The Morgan fingerprint density at radius 3 is 2.55 bits per heavy atom. The number of piperazine rings is 1. The molecular weight excluding hydrogens is 375 g/mol. The number of anilines is 1. The van der Waals surface area contributed by atoms with Crippen molar-refractivity contribution < 1.29 is 18.7 Å². The van der Waals surface area contributed by atoms with Crippen LogP contribution in [0.5, 0.6) is 0 Å². The Morgan fingerprint density at radius 2 is 1.83 bits per heavy atom. The van der Waals surface area contributed by atoms with Crippen LogP contribution in [-0.2, 0) is 9.53 Å². The highest BCUT2D eigenvalue weighted by molar-refractivity contribution is 5.89. The molecule has 3 amide bonds. The number of nitrogens with one attached hydrogen (secondary N) is 1. The molecule has 0 spiro atoms.